The lowest BCUT2D eigenvalue weighted by molar-refractivity contribution is 0.299. The molecule has 2 atom stereocenters. The molecule has 2 heterocycles. The minimum atomic E-state index is 0.514. The van der Waals surface area contributed by atoms with E-state index in [1.165, 1.54) is 43.8 Å². The minimum absolute atomic E-state index is 0.514. The zero-order chi connectivity index (χ0) is 15.5. The van der Waals surface area contributed by atoms with Crippen LogP contribution in [0.15, 0.2) is 10.4 Å². The Bertz CT molecular complexity index is 508. The second kappa shape index (κ2) is 6.99. The number of hydrogen-bond donors (Lipinski definition) is 1. The maximum Gasteiger partial charge on any atom is 0.193 e. The van der Waals surface area contributed by atoms with Gasteiger partial charge in [0.15, 0.2) is 5.96 Å². The molecule has 22 heavy (non-hydrogen) atoms. The molecule has 1 aliphatic carbocycles. The lowest BCUT2D eigenvalue weighted by Crippen LogP contribution is -2.39. The van der Waals surface area contributed by atoms with Gasteiger partial charge in [-0.25, -0.2) is 4.98 Å². The summed E-state index contributed by atoms with van der Waals surface area (Å²) < 4.78 is 0. The van der Waals surface area contributed by atoms with Crippen molar-refractivity contribution in [1.29, 1.82) is 0 Å². The summed E-state index contributed by atoms with van der Waals surface area (Å²) in [5.41, 5.74) is 1.13. The van der Waals surface area contributed by atoms with Crippen LogP contribution in [0.4, 0.5) is 0 Å². The van der Waals surface area contributed by atoms with Gasteiger partial charge in [0.05, 0.1) is 17.2 Å². The van der Waals surface area contributed by atoms with Crippen molar-refractivity contribution in [3.8, 4) is 0 Å². The molecule has 1 aliphatic heterocycles. The summed E-state index contributed by atoms with van der Waals surface area (Å²) in [5, 5.41) is 6.90. The minimum Gasteiger partial charge on any atom is -0.351 e. The molecule has 0 bridgehead atoms. The zero-order valence-corrected chi connectivity index (χ0v) is 14.8. The number of fused-ring (bicyclic) bond motifs is 1. The van der Waals surface area contributed by atoms with E-state index in [2.05, 4.69) is 34.4 Å². The third kappa shape index (κ3) is 3.45. The van der Waals surface area contributed by atoms with Crippen molar-refractivity contribution in [3.63, 3.8) is 0 Å². The molecule has 1 aromatic rings. The lowest BCUT2D eigenvalue weighted by atomic mass is 9.82. The second-order valence-corrected chi connectivity index (χ2v) is 7.83. The SMILES string of the molecule is CN=C(NCc1csc(C(C)C)n1)N1CC2CCCCC2C1. The first-order chi connectivity index (χ1) is 10.7. The second-order valence-electron chi connectivity index (χ2n) is 6.94. The van der Waals surface area contributed by atoms with Gasteiger partial charge >= 0.3 is 0 Å². The number of nitrogens with one attached hydrogen (secondary N) is 1. The number of hydrogen-bond acceptors (Lipinski definition) is 3. The smallest absolute Gasteiger partial charge is 0.193 e. The number of guanidine groups is 1. The summed E-state index contributed by atoms with van der Waals surface area (Å²) >= 11 is 1.76. The van der Waals surface area contributed by atoms with Gasteiger partial charge in [-0.2, -0.15) is 0 Å². The predicted molar refractivity (Wildman–Crippen MR) is 93.4 cm³/mol. The van der Waals surface area contributed by atoms with Crippen LogP contribution in [0.5, 0.6) is 0 Å². The number of aliphatic imine (C=N–C) groups is 1. The Kier molecular flexibility index (Phi) is 5.01. The van der Waals surface area contributed by atoms with E-state index in [-0.39, 0.29) is 0 Å². The van der Waals surface area contributed by atoms with Crippen molar-refractivity contribution >= 4 is 17.3 Å². The van der Waals surface area contributed by atoms with Gasteiger partial charge in [-0.3, -0.25) is 4.99 Å². The highest BCUT2D eigenvalue weighted by Crippen LogP contribution is 2.35. The molecular weight excluding hydrogens is 292 g/mol. The van der Waals surface area contributed by atoms with Crippen molar-refractivity contribution in [3.05, 3.63) is 16.1 Å². The van der Waals surface area contributed by atoms with Crippen LogP contribution in [-0.2, 0) is 6.54 Å². The van der Waals surface area contributed by atoms with E-state index in [0.29, 0.717) is 5.92 Å². The van der Waals surface area contributed by atoms with Gasteiger partial charge in [-0.15, -0.1) is 11.3 Å². The summed E-state index contributed by atoms with van der Waals surface area (Å²) in [6.07, 6.45) is 5.64. The van der Waals surface area contributed by atoms with Gasteiger partial charge in [0.25, 0.3) is 0 Å². The van der Waals surface area contributed by atoms with Crippen LogP contribution in [0.25, 0.3) is 0 Å². The Morgan fingerprint density at radius 2 is 2.05 bits per heavy atom. The Labute approximate surface area is 138 Å². The highest BCUT2D eigenvalue weighted by Gasteiger charge is 2.35. The summed E-state index contributed by atoms with van der Waals surface area (Å²) in [7, 11) is 1.89. The molecule has 3 rings (SSSR count). The molecule has 1 saturated carbocycles. The van der Waals surface area contributed by atoms with E-state index in [1.54, 1.807) is 11.3 Å². The fourth-order valence-electron chi connectivity index (χ4n) is 3.75. The van der Waals surface area contributed by atoms with Crippen LogP contribution in [0.2, 0.25) is 0 Å². The lowest BCUT2D eigenvalue weighted by Gasteiger charge is -2.22. The molecular formula is C17H28N4S. The number of rotatable bonds is 3. The highest BCUT2D eigenvalue weighted by atomic mass is 32.1. The number of likely N-dealkylation sites (tertiary alicyclic amines) is 1. The maximum atomic E-state index is 4.70. The topological polar surface area (TPSA) is 40.5 Å². The molecule has 0 radical (unpaired) electrons. The fraction of sp³-hybridized carbons (Fsp3) is 0.765. The van der Waals surface area contributed by atoms with E-state index in [4.69, 9.17) is 4.98 Å². The molecule has 0 aromatic carbocycles. The van der Waals surface area contributed by atoms with E-state index in [0.717, 1.165) is 30.0 Å². The van der Waals surface area contributed by atoms with E-state index in [9.17, 15) is 0 Å². The molecule has 2 aliphatic rings. The van der Waals surface area contributed by atoms with E-state index >= 15 is 0 Å². The summed E-state index contributed by atoms with van der Waals surface area (Å²) in [4.78, 5) is 11.6. The standard InChI is InChI=1S/C17H28N4S/c1-12(2)16-20-15(11-22-16)8-19-17(18-3)21-9-13-6-4-5-7-14(13)10-21/h11-14H,4-10H2,1-3H3,(H,18,19). The average molecular weight is 321 g/mol. The first-order valence-electron chi connectivity index (χ1n) is 8.57. The molecule has 122 valence electrons. The molecule has 2 unspecified atom stereocenters. The monoisotopic (exact) mass is 320 g/mol. The summed E-state index contributed by atoms with van der Waals surface area (Å²) in [6.45, 7) is 7.53. The van der Waals surface area contributed by atoms with Gasteiger partial charge in [0, 0.05) is 31.4 Å². The molecule has 1 saturated heterocycles. The molecule has 5 heteroatoms. The van der Waals surface area contributed by atoms with Crippen molar-refractivity contribution in [2.75, 3.05) is 20.1 Å². The molecule has 1 aromatic heterocycles. The highest BCUT2D eigenvalue weighted by molar-refractivity contribution is 7.09. The van der Waals surface area contributed by atoms with Gasteiger partial charge in [-0.1, -0.05) is 26.7 Å². The molecule has 4 nitrogen and oxygen atoms in total. The van der Waals surface area contributed by atoms with E-state index < -0.39 is 0 Å². The van der Waals surface area contributed by atoms with Crippen molar-refractivity contribution < 1.29 is 0 Å². The molecule has 1 N–H and O–H groups in total. The number of nitrogens with zero attached hydrogens (tertiary/aromatic N) is 3. The van der Waals surface area contributed by atoms with Crippen molar-refractivity contribution in [2.24, 2.45) is 16.8 Å². The van der Waals surface area contributed by atoms with Crippen LogP contribution in [0.1, 0.15) is 56.2 Å². The first kappa shape index (κ1) is 15.8. The summed E-state index contributed by atoms with van der Waals surface area (Å²) in [6, 6.07) is 0. The van der Waals surface area contributed by atoms with Crippen molar-refractivity contribution in [1.82, 2.24) is 15.2 Å². The average Bonchev–Trinajstić information content (AvgIpc) is 3.14. The van der Waals surface area contributed by atoms with Gasteiger partial charge in [-0.05, 0) is 24.7 Å². The zero-order valence-electron chi connectivity index (χ0n) is 14.0. The van der Waals surface area contributed by atoms with Gasteiger partial charge < -0.3 is 10.2 Å². The normalized spacial score (nSPS) is 25.6. The molecule has 2 fully saturated rings. The van der Waals surface area contributed by atoms with Gasteiger partial charge in [0.2, 0.25) is 0 Å². The Balaban J connectivity index is 1.56. The number of thiazole rings is 1. The van der Waals surface area contributed by atoms with E-state index in [1.807, 2.05) is 7.05 Å². The fourth-order valence-corrected chi connectivity index (χ4v) is 4.58. The van der Waals surface area contributed by atoms with Crippen LogP contribution in [-0.4, -0.2) is 36.0 Å². The Morgan fingerprint density at radius 3 is 2.59 bits per heavy atom. The van der Waals surface area contributed by atoms with Crippen LogP contribution >= 0.6 is 11.3 Å². The first-order valence-corrected chi connectivity index (χ1v) is 9.45. The Hall–Kier alpha value is -1.10. The largest absolute Gasteiger partial charge is 0.351 e. The van der Waals surface area contributed by atoms with Crippen molar-refractivity contribution in [2.45, 2.75) is 52.0 Å². The maximum absolute atomic E-state index is 4.70. The Morgan fingerprint density at radius 1 is 1.36 bits per heavy atom. The third-order valence-corrected chi connectivity index (χ3v) is 6.17. The number of aromatic nitrogens is 1. The quantitative estimate of drug-likeness (QED) is 0.685. The van der Waals surface area contributed by atoms with Crippen LogP contribution < -0.4 is 5.32 Å². The third-order valence-electron chi connectivity index (χ3n) is 4.98. The van der Waals surface area contributed by atoms with Crippen LogP contribution in [0, 0.1) is 11.8 Å². The predicted octanol–water partition coefficient (Wildman–Crippen LogP) is 3.46. The molecule has 0 spiro atoms. The summed E-state index contributed by atoms with van der Waals surface area (Å²) in [5.74, 6) is 3.34. The van der Waals surface area contributed by atoms with Gasteiger partial charge in [0.1, 0.15) is 0 Å². The van der Waals surface area contributed by atoms with Crippen LogP contribution in [0.3, 0.4) is 0 Å². The molecule has 0 amide bonds.